The van der Waals surface area contributed by atoms with Gasteiger partial charge in [0.25, 0.3) is 10.2 Å². The fourth-order valence-electron chi connectivity index (χ4n) is 1.52. The van der Waals surface area contributed by atoms with Crippen LogP contribution in [0.25, 0.3) is 0 Å². The molecule has 1 rings (SSSR count). The minimum absolute atomic E-state index is 0. The normalized spacial score (nSPS) is 22.5. The van der Waals surface area contributed by atoms with E-state index >= 15 is 0 Å². The molecule has 0 aromatic carbocycles. The molecule has 0 spiro atoms. The molecule has 0 amide bonds. The minimum atomic E-state index is -3.32. The summed E-state index contributed by atoms with van der Waals surface area (Å²) in [5, 5.41) is 3.16. The Labute approximate surface area is 98.0 Å². The smallest absolute Gasteiger partial charge is 0.277 e. The Balaban J connectivity index is 0.00000196. The molecule has 1 aliphatic rings. The molecule has 0 aliphatic carbocycles. The first kappa shape index (κ1) is 15.1. The first-order chi connectivity index (χ1) is 6.49. The highest BCUT2D eigenvalue weighted by Crippen LogP contribution is 2.02. The van der Waals surface area contributed by atoms with Gasteiger partial charge in [0.15, 0.2) is 0 Å². The van der Waals surface area contributed by atoms with Gasteiger partial charge in [0.2, 0.25) is 0 Å². The summed E-state index contributed by atoms with van der Waals surface area (Å²) in [6.45, 7) is 5.31. The van der Waals surface area contributed by atoms with Crippen molar-refractivity contribution in [2.24, 2.45) is 0 Å². The molecule has 0 bridgehead atoms. The number of piperidine rings is 1. The van der Waals surface area contributed by atoms with Crippen molar-refractivity contribution in [2.75, 3.05) is 13.1 Å². The summed E-state index contributed by atoms with van der Waals surface area (Å²) in [4.78, 5) is 0. The molecule has 1 heterocycles. The maximum atomic E-state index is 11.5. The molecule has 0 saturated carbocycles. The van der Waals surface area contributed by atoms with Crippen molar-refractivity contribution in [1.29, 1.82) is 0 Å². The van der Waals surface area contributed by atoms with Crippen molar-refractivity contribution >= 4 is 22.6 Å². The van der Waals surface area contributed by atoms with E-state index in [9.17, 15) is 8.42 Å². The van der Waals surface area contributed by atoms with Gasteiger partial charge in [-0.25, -0.2) is 0 Å². The molecule has 15 heavy (non-hydrogen) atoms. The van der Waals surface area contributed by atoms with Gasteiger partial charge in [0.05, 0.1) is 0 Å². The summed E-state index contributed by atoms with van der Waals surface area (Å²) < 4.78 is 28.0. The number of nitrogens with one attached hydrogen (secondary N) is 3. The number of rotatable bonds is 4. The van der Waals surface area contributed by atoms with E-state index in [1.807, 2.05) is 0 Å². The van der Waals surface area contributed by atoms with Crippen LogP contribution in [0, 0.1) is 0 Å². The quantitative estimate of drug-likeness (QED) is 0.664. The SMILES string of the molecule is CC(C)NS(=O)(=O)N[C@H]1CCCNC1.Cl. The predicted octanol–water partition coefficient (Wildman–Crippen LogP) is -0.00740. The van der Waals surface area contributed by atoms with Gasteiger partial charge in [-0.3, -0.25) is 0 Å². The van der Waals surface area contributed by atoms with Crippen LogP contribution < -0.4 is 14.8 Å². The molecule has 7 heteroatoms. The van der Waals surface area contributed by atoms with E-state index in [0.29, 0.717) is 0 Å². The third-order valence-electron chi connectivity index (χ3n) is 2.01. The van der Waals surface area contributed by atoms with Crippen LogP contribution in [-0.2, 0) is 10.2 Å². The topological polar surface area (TPSA) is 70.2 Å². The van der Waals surface area contributed by atoms with Gasteiger partial charge in [0.1, 0.15) is 0 Å². The van der Waals surface area contributed by atoms with E-state index in [4.69, 9.17) is 0 Å². The molecule has 1 saturated heterocycles. The maximum absolute atomic E-state index is 11.5. The van der Waals surface area contributed by atoms with E-state index in [0.717, 1.165) is 25.9 Å². The summed E-state index contributed by atoms with van der Waals surface area (Å²) in [6, 6.07) is -0.0379. The summed E-state index contributed by atoms with van der Waals surface area (Å²) in [7, 11) is -3.32. The van der Waals surface area contributed by atoms with E-state index in [2.05, 4.69) is 14.8 Å². The minimum Gasteiger partial charge on any atom is -0.315 e. The van der Waals surface area contributed by atoms with Crippen LogP contribution >= 0.6 is 12.4 Å². The first-order valence-electron chi connectivity index (χ1n) is 5.00. The van der Waals surface area contributed by atoms with Crippen LogP contribution in [0.1, 0.15) is 26.7 Å². The molecule has 1 fully saturated rings. The lowest BCUT2D eigenvalue weighted by atomic mass is 10.1. The van der Waals surface area contributed by atoms with Gasteiger partial charge >= 0.3 is 0 Å². The Bertz CT molecular complexity index is 263. The van der Waals surface area contributed by atoms with Gasteiger partial charge < -0.3 is 5.32 Å². The molecule has 92 valence electrons. The van der Waals surface area contributed by atoms with Crippen LogP contribution in [-0.4, -0.2) is 33.6 Å². The van der Waals surface area contributed by atoms with Gasteiger partial charge in [-0.1, -0.05) is 0 Å². The molecule has 0 radical (unpaired) electrons. The zero-order valence-corrected chi connectivity index (χ0v) is 10.7. The highest BCUT2D eigenvalue weighted by molar-refractivity contribution is 7.87. The Morgan fingerprint density at radius 3 is 2.53 bits per heavy atom. The molecule has 0 aromatic rings. The molecule has 0 aromatic heterocycles. The Morgan fingerprint density at radius 1 is 1.40 bits per heavy atom. The van der Waals surface area contributed by atoms with Crippen molar-refractivity contribution in [3.8, 4) is 0 Å². The van der Waals surface area contributed by atoms with Gasteiger partial charge in [-0.05, 0) is 33.2 Å². The number of hydrogen-bond donors (Lipinski definition) is 3. The molecule has 5 nitrogen and oxygen atoms in total. The monoisotopic (exact) mass is 257 g/mol. The summed E-state index contributed by atoms with van der Waals surface area (Å²) in [5.74, 6) is 0. The molecule has 3 N–H and O–H groups in total. The molecule has 1 aliphatic heterocycles. The first-order valence-corrected chi connectivity index (χ1v) is 6.48. The zero-order valence-electron chi connectivity index (χ0n) is 9.12. The Kier molecular flexibility index (Phi) is 6.70. The second-order valence-electron chi connectivity index (χ2n) is 3.94. The summed E-state index contributed by atoms with van der Waals surface area (Å²) >= 11 is 0. The second kappa shape index (κ2) is 6.65. The maximum Gasteiger partial charge on any atom is 0.277 e. The standard InChI is InChI=1S/C8H19N3O2S.ClH/c1-7(2)10-14(12,13)11-8-4-3-5-9-6-8;/h7-11H,3-6H2,1-2H3;1H/t8-;/m0./s1. The lowest BCUT2D eigenvalue weighted by molar-refractivity contribution is 0.425. The predicted molar refractivity (Wildman–Crippen MR) is 63.5 cm³/mol. The van der Waals surface area contributed by atoms with Crippen LogP contribution in [0.15, 0.2) is 0 Å². The largest absolute Gasteiger partial charge is 0.315 e. The Hall–Kier alpha value is 0.120. The zero-order chi connectivity index (χ0) is 10.6. The van der Waals surface area contributed by atoms with Gasteiger partial charge in [0, 0.05) is 18.6 Å². The van der Waals surface area contributed by atoms with Crippen LogP contribution in [0.2, 0.25) is 0 Å². The average molecular weight is 258 g/mol. The van der Waals surface area contributed by atoms with Crippen molar-refractivity contribution in [2.45, 2.75) is 38.8 Å². The van der Waals surface area contributed by atoms with Crippen LogP contribution in [0.4, 0.5) is 0 Å². The van der Waals surface area contributed by atoms with Crippen LogP contribution in [0.3, 0.4) is 0 Å². The second-order valence-corrected chi connectivity index (χ2v) is 5.42. The molecule has 0 unspecified atom stereocenters. The van der Waals surface area contributed by atoms with Gasteiger partial charge in [-0.15, -0.1) is 12.4 Å². The summed E-state index contributed by atoms with van der Waals surface area (Å²) in [5.41, 5.74) is 0. The fraction of sp³-hybridized carbons (Fsp3) is 1.00. The van der Waals surface area contributed by atoms with E-state index < -0.39 is 10.2 Å². The van der Waals surface area contributed by atoms with E-state index in [1.54, 1.807) is 13.8 Å². The highest BCUT2D eigenvalue weighted by atomic mass is 35.5. The Morgan fingerprint density at radius 2 is 2.07 bits per heavy atom. The number of hydrogen-bond acceptors (Lipinski definition) is 3. The van der Waals surface area contributed by atoms with Crippen molar-refractivity contribution in [3.05, 3.63) is 0 Å². The van der Waals surface area contributed by atoms with Crippen molar-refractivity contribution in [3.63, 3.8) is 0 Å². The van der Waals surface area contributed by atoms with E-state index in [1.165, 1.54) is 0 Å². The van der Waals surface area contributed by atoms with Crippen molar-refractivity contribution in [1.82, 2.24) is 14.8 Å². The molecular weight excluding hydrogens is 238 g/mol. The third kappa shape index (κ3) is 6.32. The average Bonchev–Trinajstić information content (AvgIpc) is 2.02. The summed E-state index contributed by atoms with van der Waals surface area (Å²) in [6.07, 6.45) is 1.93. The highest BCUT2D eigenvalue weighted by Gasteiger charge is 2.19. The number of halogens is 1. The van der Waals surface area contributed by atoms with Gasteiger partial charge in [-0.2, -0.15) is 17.9 Å². The molecular formula is C8H20ClN3O2S. The lowest BCUT2D eigenvalue weighted by Crippen LogP contribution is -2.50. The van der Waals surface area contributed by atoms with Crippen LogP contribution in [0.5, 0.6) is 0 Å². The van der Waals surface area contributed by atoms with E-state index in [-0.39, 0.29) is 24.5 Å². The van der Waals surface area contributed by atoms with Crippen molar-refractivity contribution < 1.29 is 8.42 Å². The molecule has 1 atom stereocenters. The fourth-order valence-corrected chi connectivity index (χ4v) is 2.84. The third-order valence-corrected chi connectivity index (χ3v) is 3.43. The lowest BCUT2D eigenvalue weighted by Gasteiger charge is -2.24.